The Bertz CT molecular complexity index is 8890. The third-order valence-corrected chi connectivity index (χ3v) is 28.8. The zero-order valence-electron chi connectivity index (χ0n) is 77.1. The maximum atomic E-state index is 2.37. The molecule has 0 fully saturated rings. The van der Waals surface area contributed by atoms with E-state index in [-0.39, 0.29) is 0 Å². The summed E-state index contributed by atoms with van der Waals surface area (Å²) in [4.78, 5) is 0. The molecular weight excluding hydrogens is 1590 g/mol. The molecule has 27 rings (SSSR count). The van der Waals surface area contributed by atoms with E-state index in [0.29, 0.717) is 0 Å². The summed E-state index contributed by atoms with van der Waals surface area (Å²) >= 11 is 0. The van der Waals surface area contributed by atoms with Gasteiger partial charge in [-0.2, -0.15) is 0 Å². The molecule has 0 radical (unpaired) electrons. The van der Waals surface area contributed by atoms with Gasteiger partial charge in [0, 0.05) is 0 Å². The Hall–Kier alpha value is -15.6. The Morgan fingerprint density at radius 2 is 0.303 bits per heavy atom. The molecule has 27 aromatic carbocycles. The predicted octanol–water partition coefficient (Wildman–Crippen LogP) is 38.0. The van der Waals surface area contributed by atoms with Crippen molar-refractivity contribution in [1.29, 1.82) is 0 Å². The number of aryl methyl sites for hydroxylation is 12. The molecule has 132 heavy (non-hydrogen) atoms. The fourth-order valence-electron chi connectivity index (χ4n) is 21.7. The molecule has 0 aliphatic heterocycles. The zero-order valence-corrected chi connectivity index (χ0v) is 77.1. The molecule has 0 bridgehead atoms. The molecule has 630 valence electrons. The summed E-state index contributed by atoms with van der Waals surface area (Å²) in [6, 6.07) is 147. The maximum absolute atomic E-state index is 2.37. The highest BCUT2D eigenvalue weighted by Crippen LogP contribution is 2.44. The second kappa shape index (κ2) is 33.5. The van der Waals surface area contributed by atoms with Crippen LogP contribution in [0, 0.1) is 83.1 Å². The summed E-state index contributed by atoms with van der Waals surface area (Å²) in [7, 11) is 0. The van der Waals surface area contributed by atoms with Gasteiger partial charge < -0.3 is 0 Å². The lowest BCUT2D eigenvalue weighted by Crippen LogP contribution is -1.89. The molecule has 0 saturated carbocycles. The van der Waals surface area contributed by atoms with Crippen LogP contribution in [0.15, 0.2) is 400 Å². The van der Waals surface area contributed by atoms with E-state index in [1.807, 2.05) is 0 Å². The Kier molecular flexibility index (Phi) is 20.8. The maximum Gasteiger partial charge on any atom is -0.00670 e. The number of fused-ring (bicyclic) bond motifs is 29. The van der Waals surface area contributed by atoms with Gasteiger partial charge in [-0.1, -0.05) is 327 Å². The van der Waals surface area contributed by atoms with E-state index in [9.17, 15) is 0 Å². The Balaban J connectivity index is 0.0000000927. The van der Waals surface area contributed by atoms with Gasteiger partial charge in [-0.25, -0.2) is 0 Å². The minimum Gasteiger partial charge on any atom is -0.0616 e. The van der Waals surface area contributed by atoms with Gasteiger partial charge in [-0.15, -0.1) is 0 Å². The zero-order chi connectivity index (χ0) is 89.8. The molecule has 0 heterocycles. The van der Waals surface area contributed by atoms with Crippen molar-refractivity contribution in [2.45, 2.75) is 83.1 Å². The fourth-order valence-corrected chi connectivity index (χ4v) is 21.7. The van der Waals surface area contributed by atoms with E-state index in [0.717, 1.165) is 0 Å². The lowest BCUT2D eigenvalue weighted by molar-refractivity contribution is 1.47. The molecule has 0 saturated heterocycles. The molecule has 0 N–H and O–H groups in total. The summed E-state index contributed by atoms with van der Waals surface area (Å²) in [6.07, 6.45) is 0. The van der Waals surface area contributed by atoms with Crippen molar-refractivity contribution in [3.63, 3.8) is 0 Å². The van der Waals surface area contributed by atoms with Crippen LogP contribution in [-0.4, -0.2) is 0 Å². The highest BCUT2D eigenvalue weighted by atomic mass is 14.2. The van der Waals surface area contributed by atoms with Crippen LogP contribution in [0.1, 0.15) is 66.8 Å². The normalized spacial score (nSPS) is 11.6. The van der Waals surface area contributed by atoms with Gasteiger partial charge in [0.05, 0.1) is 0 Å². The standard InChI is InChI=1S/3C24H18.3C20H16/c1-15-21-11-17-7-3-5-9-19(17)13-23(21)16(2)24-14-20-10-6-4-8-18(20)12-22(15)24;1-15-21-9-5-6-10-22(21)16(2)24-14-20-12-18-8-4-3-7-17(18)11-19(20)13-23(15)24;1-15-7-8-16(2)24-14-22-12-20-10-18-6-4-3-5-17(18)9-19(20)11-21(22)13-23(15)24;1-13-11-12-14(2)20-18-10-6-4-8-16(18)15-7-3-5-9-17(15)19(13)20;1-13-7-9-17-18-10-8-14(2)12-20(18)16-6-4-3-5-15(16)19(17)11-13;1-13-7-8-14(2)20-16(13)11-12-18-17-6-4-3-5-15(17)9-10-19(18)20/h3*3-14H,1-2H3;3*3-12H,1-2H3. The van der Waals surface area contributed by atoms with Crippen LogP contribution in [-0.2, 0) is 0 Å². The van der Waals surface area contributed by atoms with Crippen molar-refractivity contribution in [2.75, 3.05) is 0 Å². The van der Waals surface area contributed by atoms with Crippen molar-refractivity contribution < 1.29 is 0 Å². The van der Waals surface area contributed by atoms with E-state index >= 15 is 0 Å². The van der Waals surface area contributed by atoms with Gasteiger partial charge in [0.25, 0.3) is 0 Å². The summed E-state index contributed by atoms with van der Waals surface area (Å²) in [5.41, 5.74) is 16.2. The molecule has 0 unspecified atom stereocenters. The summed E-state index contributed by atoms with van der Waals surface area (Å²) < 4.78 is 0. The summed E-state index contributed by atoms with van der Waals surface area (Å²) in [5.74, 6) is 0. The Labute approximate surface area is 770 Å². The van der Waals surface area contributed by atoms with Crippen LogP contribution < -0.4 is 0 Å². The lowest BCUT2D eigenvalue weighted by atomic mass is 9.90. The van der Waals surface area contributed by atoms with Crippen LogP contribution in [0.25, 0.3) is 226 Å². The highest BCUT2D eigenvalue weighted by Gasteiger charge is 2.18. The third kappa shape index (κ3) is 14.5. The molecule has 27 aromatic rings. The smallest absolute Gasteiger partial charge is 0.00670 e. The van der Waals surface area contributed by atoms with Crippen LogP contribution in [0.3, 0.4) is 0 Å². The molecule has 0 spiro atoms. The average molecular weight is 1690 g/mol. The van der Waals surface area contributed by atoms with E-state index in [4.69, 9.17) is 0 Å². The molecule has 0 aliphatic rings. The number of rotatable bonds is 0. The van der Waals surface area contributed by atoms with Gasteiger partial charge >= 0.3 is 0 Å². The van der Waals surface area contributed by atoms with Crippen molar-refractivity contribution >= 4 is 226 Å². The van der Waals surface area contributed by atoms with Crippen LogP contribution in [0.4, 0.5) is 0 Å². The molecular formula is C132H102. The van der Waals surface area contributed by atoms with Gasteiger partial charge in [-0.3, -0.25) is 0 Å². The van der Waals surface area contributed by atoms with E-state index in [1.165, 1.54) is 293 Å². The Morgan fingerprint density at radius 3 is 0.667 bits per heavy atom. The molecule has 0 atom stereocenters. The number of hydrogen-bond acceptors (Lipinski definition) is 0. The third-order valence-electron chi connectivity index (χ3n) is 28.8. The van der Waals surface area contributed by atoms with E-state index in [2.05, 4.69) is 483 Å². The fraction of sp³-hybridized carbons (Fsp3) is 0.0909. The first-order chi connectivity index (χ1) is 64.4. The van der Waals surface area contributed by atoms with Crippen LogP contribution in [0.2, 0.25) is 0 Å². The predicted molar refractivity (Wildman–Crippen MR) is 583 cm³/mol. The van der Waals surface area contributed by atoms with Crippen molar-refractivity contribution in [3.8, 4) is 0 Å². The molecule has 0 aromatic heterocycles. The van der Waals surface area contributed by atoms with Crippen LogP contribution in [0.5, 0.6) is 0 Å². The topological polar surface area (TPSA) is 0 Å². The molecule has 0 nitrogen and oxygen atoms in total. The first-order valence-electron chi connectivity index (χ1n) is 46.6. The largest absolute Gasteiger partial charge is 0.0616 e. The second-order valence-corrected chi connectivity index (χ2v) is 37.1. The van der Waals surface area contributed by atoms with E-state index < -0.39 is 0 Å². The monoisotopic (exact) mass is 1690 g/mol. The van der Waals surface area contributed by atoms with Gasteiger partial charge in [0.1, 0.15) is 0 Å². The first kappa shape index (κ1) is 82.1. The van der Waals surface area contributed by atoms with Crippen molar-refractivity contribution in [2.24, 2.45) is 0 Å². The molecule has 0 amide bonds. The number of benzene rings is 27. The second-order valence-electron chi connectivity index (χ2n) is 37.1. The molecule has 0 aliphatic carbocycles. The van der Waals surface area contributed by atoms with Crippen molar-refractivity contribution in [1.82, 2.24) is 0 Å². The SMILES string of the molecule is Cc1c2cc3ccccc3cc2c(C)c2cc3ccccc3cc12.Cc1c2ccccc2c(C)c2cc3cc4ccccc4cc3cc12.Cc1ccc(C)c2c1ccc1c3ccccc3ccc12.Cc1ccc(C)c2c3ccccc3c3ccccc3c12.Cc1ccc(C)c2cc3cc4cc5ccccc5cc4cc3cc12.Cc1ccc2c3ccc(C)cc3c3ccccc3c2c1. The number of hydrogen-bond donors (Lipinski definition) is 0. The Morgan fingerprint density at radius 1 is 0.0985 bits per heavy atom. The minimum atomic E-state index is 1.30. The average Bonchev–Trinajstić information content (AvgIpc) is 0.736. The van der Waals surface area contributed by atoms with Gasteiger partial charge in [-0.05, 0) is 450 Å². The molecule has 0 heteroatoms. The van der Waals surface area contributed by atoms with Crippen LogP contribution >= 0.6 is 0 Å². The van der Waals surface area contributed by atoms with Crippen molar-refractivity contribution in [3.05, 3.63) is 467 Å². The van der Waals surface area contributed by atoms with Gasteiger partial charge in [0.15, 0.2) is 0 Å². The highest BCUT2D eigenvalue weighted by molar-refractivity contribution is 6.28. The quantitative estimate of drug-likeness (QED) is 0.105. The lowest BCUT2D eigenvalue weighted by Gasteiger charge is -2.14. The summed E-state index contributed by atoms with van der Waals surface area (Å²) in [6.45, 7) is 26.5. The van der Waals surface area contributed by atoms with Gasteiger partial charge in [0.2, 0.25) is 0 Å². The summed E-state index contributed by atoms with van der Waals surface area (Å²) in [5, 5.41) is 56.5. The first-order valence-corrected chi connectivity index (χ1v) is 46.6. The van der Waals surface area contributed by atoms with E-state index in [1.54, 1.807) is 0 Å². The minimum absolute atomic E-state index is 1.30.